The molecule has 0 aliphatic carbocycles. The van der Waals surface area contributed by atoms with Crippen LogP contribution in [0.15, 0.2) is 12.5 Å². The lowest BCUT2D eigenvalue weighted by atomic mass is 10.4. The van der Waals surface area contributed by atoms with E-state index in [2.05, 4.69) is 29.1 Å². The van der Waals surface area contributed by atoms with E-state index in [1.54, 1.807) is 17.7 Å². The summed E-state index contributed by atoms with van der Waals surface area (Å²) in [6.45, 7) is 6.05. The molecule has 0 radical (unpaired) electrons. The number of imidazole rings is 1. The van der Waals surface area contributed by atoms with Crippen molar-refractivity contribution >= 4 is 11.3 Å². The second kappa shape index (κ2) is 4.76. The second-order valence-corrected chi connectivity index (χ2v) is 4.78. The Labute approximate surface area is 99.4 Å². The minimum atomic E-state index is 0.901. The topological polar surface area (TPSA) is 42.7 Å². The summed E-state index contributed by atoms with van der Waals surface area (Å²) in [6.07, 6.45) is 3.66. The molecule has 0 saturated heterocycles. The Kier molecular flexibility index (Phi) is 3.36. The zero-order valence-electron chi connectivity index (χ0n) is 9.82. The first-order valence-electron chi connectivity index (χ1n) is 5.36. The maximum absolute atomic E-state index is 4.58. The van der Waals surface area contributed by atoms with Gasteiger partial charge in [0.05, 0.1) is 23.9 Å². The van der Waals surface area contributed by atoms with Crippen LogP contribution in [-0.2, 0) is 13.6 Å². The summed E-state index contributed by atoms with van der Waals surface area (Å²) in [7, 11) is 1.99. The first kappa shape index (κ1) is 11.3. The van der Waals surface area contributed by atoms with E-state index in [1.807, 2.05) is 17.8 Å². The van der Waals surface area contributed by atoms with Crippen molar-refractivity contribution in [3.8, 4) is 10.7 Å². The Morgan fingerprint density at radius 2 is 2.31 bits per heavy atom. The van der Waals surface area contributed by atoms with Gasteiger partial charge in [0, 0.05) is 18.5 Å². The monoisotopic (exact) mass is 236 g/mol. The molecule has 2 aromatic heterocycles. The van der Waals surface area contributed by atoms with Gasteiger partial charge < -0.3 is 9.88 Å². The van der Waals surface area contributed by atoms with Gasteiger partial charge in [0.25, 0.3) is 0 Å². The van der Waals surface area contributed by atoms with Gasteiger partial charge in [-0.25, -0.2) is 9.97 Å². The van der Waals surface area contributed by atoms with E-state index in [9.17, 15) is 0 Å². The number of aromatic nitrogens is 3. The molecule has 5 heteroatoms. The number of nitrogens with one attached hydrogen (secondary N) is 1. The fraction of sp³-hybridized carbons (Fsp3) is 0.455. The summed E-state index contributed by atoms with van der Waals surface area (Å²) in [5.41, 5.74) is 2.19. The number of hydrogen-bond acceptors (Lipinski definition) is 4. The van der Waals surface area contributed by atoms with Crippen LogP contribution < -0.4 is 5.32 Å². The lowest BCUT2D eigenvalue weighted by Crippen LogP contribution is -2.11. The van der Waals surface area contributed by atoms with E-state index < -0.39 is 0 Å². The van der Waals surface area contributed by atoms with Crippen molar-refractivity contribution in [1.82, 2.24) is 19.9 Å². The highest BCUT2D eigenvalue weighted by atomic mass is 32.1. The van der Waals surface area contributed by atoms with Crippen LogP contribution in [0, 0.1) is 6.92 Å². The molecule has 0 amide bonds. The first-order chi connectivity index (χ1) is 7.72. The van der Waals surface area contributed by atoms with E-state index in [0.29, 0.717) is 0 Å². The quantitative estimate of drug-likeness (QED) is 0.882. The van der Waals surface area contributed by atoms with Gasteiger partial charge in [-0.15, -0.1) is 11.3 Å². The zero-order valence-corrected chi connectivity index (χ0v) is 10.6. The Morgan fingerprint density at radius 1 is 1.50 bits per heavy atom. The molecule has 0 aliphatic rings. The summed E-state index contributed by atoms with van der Waals surface area (Å²) >= 11 is 1.74. The fourth-order valence-electron chi connectivity index (χ4n) is 1.50. The summed E-state index contributed by atoms with van der Waals surface area (Å²) in [6, 6.07) is 0. The van der Waals surface area contributed by atoms with Gasteiger partial charge in [0.2, 0.25) is 0 Å². The van der Waals surface area contributed by atoms with Crippen LogP contribution >= 0.6 is 11.3 Å². The Balaban J connectivity index is 2.27. The van der Waals surface area contributed by atoms with Crippen molar-refractivity contribution in [2.75, 3.05) is 6.54 Å². The third kappa shape index (κ3) is 2.15. The van der Waals surface area contributed by atoms with E-state index in [-0.39, 0.29) is 0 Å². The van der Waals surface area contributed by atoms with Crippen LogP contribution in [0.1, 0.15) is 17.5 Å². The molecule has 2 rings (SSSR count). The standard InChI is InChI=1S/C11H16N4S/c1-4-12-6-10-8(2)14-11(16-10)9-5-13-7-15(9)3/h5,7,12H,4,6H2,1-3H3. The number of hydrogen-bond donors (Lipinski definition) is 1. The molecular weight excluding hydrogens is 220 g/mol. The van der Waals surface area contributed by atoms with Gasteiger partial charge in [-0.2, -0.15) is 0 Å². The molecule has 0 atom stereocenters. The van der Waals surface area contributed by atoms with Crippen molar-refractivity contribution in [2.24, 2.45) is 7.05 Å². The highest BCUT2D eigenvalue weighted by Gasteiger charge is 2.11. The van der Waals surface area contributed by atoms with Crippen molar-refractivity contribution < 1.29 is 0 Å². The first-order valence-corrected chi connectivity index (χ1v) is 6.17. The van der Waals surface area contributed by atoms with Gasteiger partial charge in [-0.3, -0.25) is 0 Å². The van der Waals surface area contributed by atoms with Gasteiger partial charge in [0.15, 0.2) is 0 Å². The second-order valence-electron chi connectivity index (χ2n) is 3.70. The third-order valence-electron chi connectivity index (χ3n) is 2.46. The molecule has 86 valence electrons. The van der Waals surface area contributed by atoms with Crippen LogP contribution in [-0.4, -0.2) is 21.1 Å². The van der Waals surface area contributed by atoms with Crippen molar-refractivity contribution in [3.63, 3.8) is 0 Å². The summed E-state index contributed by atoms with van der Waals surface area (Å²) < 4.78 is 2.00. The largest absolute Gasteiger partial charge is 0.332 e. The van der Waals surface area contributed by atoms with Crippen LogP contribution in [0.4, 0.5) is 0 Å². The Hall–Kier alpha value is -1.20. The third-order valence-corrected chi connectivity index (χ3v) is 3.64. The molecule has 2 aromatic rings. The lowest BCUT2D eigenvalue weighted by Gasteiger charge is -1.97. The molecule has 0 bridgehead atoms. The van der Waals surface area contributed by atoms with E-state index >= 15 is 0 Å². The van der Waals surface area contributed by atoms with E-state index in [1.165, 1.54) is 4.88 Å². The fourth-order valence-corrected chi connectivity index (χ4v) is 2.59. The molecule has 2 heterocycles. The minimum Gasteiger partial charge on any atom is -0.332 e. The molecule has 0 aromatic carbocycles. The molecule has 1 N–H and O–H groups in total. The van der Waals surface area contributed by atoms with Gasteiger partial charge in [-0.1, -0.05) is 6.92 Å². The van der Waals surface area contributed by atoms with Crippen molar-refractivity contribution in [1.29, 1.82) is 0 Å². The molecule has 16 heavy (non-hydrogen) atoms. The molecule has 0 unspecified atom stereocenters. The highest BCUT2D eigenvalue weighted by Crippen LogP contribution is 2.27. The molecular formula is C11H16N4S. The summed E-state index contributed by atoms with van der Waals surface area (Å²) in [5.74, 6) is 0. The Bertz CT molecular complexity index is 472. The number of thiazole rings is 1. The summed E-state index contributed by atoms with van der Waals surface area (Å²) in [5, 5.41) is 4.37. The maximum Gasteiger partial charge on any atom is 0.142 e. The van der Waals surface area contributed by atoms with E-state index in [0.717, 1.165) is 29.5 Å². The van der Waals surface area contributed by atoms with Crippen LogP contribution in [0.2, 0.25) is 0 Å². The van der Waals surface area contributed by atoms with Gasteiger partial charge >= 0.3 is 0 Å². The SMILES string of the molecule is CCNCc1sc(-c2cncn2C)nc1C. The predicted octanol–water partition coefficient (Wildman–Crippen LogP) is 1.96. The summed E-state index contributed by atoms with van der Waals surface area (Å²) in [4.78, 5) is 10.0. The van der Waals surface area contributed by atoms with Gasteiger partial charge in [-0.05, 0) is 13.5 Å². The van der Waals surface area contributed by atoms with Crippen molar-refractivity contribution in [2.45, 2.75) is 20.4 Å². The number of aryl methyl sites for hydroxylation is 2. The average Bonchev–Trinajstić information content (AvgIpc) is 2.82. The smallest absolute Gasteiger partial charge is 0.142 e. The Morgan fingerprint density at radius 3 is 2.94 bits per heavy atom. The molecule has 0 aliphatic heterocycles. The normalized spacial score (nSPS) is 10.9. The molecule has 0 saturated carbocycles. The maximum atomic E-state index is 4.58. The molecule has 0 fully saturated rings. The zero-order chi connectivity index (χ0) is 11.5. The van der Waals surface area contributed by atoms with Crippen molar-refractivity contribution in [3.05, 3.63) is 23.1 Å². The van der Waals surface area contributed by atoms with E-state index in [4.69, 9.17) is 0 Å². The molecule has 4 nitrogen and oxygen atoms in total. The predicted molar refractivity (Wildman–Crippen MR) is 66.4 cm³/mol. The van der Waals surface area contributed by atoms with Crippen LogP contribution in [0.3, 0.4) is 0 Å². The number of nitrogens with zero attached hydrogens (tertiary/aromatic N) is 3. The van der Waals surface area contributed by atoms with Crippen LogP contribution in [0.5, 0.6) is 0 Å². The van der Waals surface area contributed by atoms with Crippen LogP contribution in [0.25, 0.3) is 10.7 Å². The minimum absolute atomic E-state index is 0.901. The van der Waals surface area contributed by atoms with Gasteiger partial charge in [0.1, 0.15) is 5.01 Å². The number of rotatable bonds is 4. The average molecular weight is 236 g/mol. The lowest BCUT2D eigenvalue weighted by molar-refractivity contribution is 0.731. The molecule has 0 spiro atoms. The highest BCUT2D eigenvalue weighted by molar-refractivity contribution is 7.15.